The molecule has 0 saturated heterocycles. The van der Waals surface area contributed by atoms with E-state index in [2.05, 4.69) is 43.4 Å². The Balaban J connectivity index is 1.79. The van der Waals surface area contributed by atoms with Crippen molar-refractivity contribution in [1.29, 1.82) is 0 Å². The molecule has 0 radical (unpaired) electrons. The predicted molar refractivity (Wildman–Crippen MR) is 80.2 cm³/mol. The van der Waals surface area contributed by atoms with E-state index >= 15 is 0 Å². The van der Waals surface area contributed by atoms with Crippen LogP contribution in [-0.4, -0.2) is 0 Å². The maximum absolute atomic E-state index is 13.2. The van der Waals surface area contributed by atoms with Gasteiger partial charge in [0.25, 0.3) is 0 Å². The Bertz CT molecular complexity index is 621. The van der Waals surface area contributed by atoms with Crippen LogP contribution in [0.25, 0.3) is 0 Å². The summed E-state index contributed by atoms with van der Waals surface area (Å²) in [5.74, 6) is -0.128. The zero-order chi connectivity index (χ0) is 14.1. The van der Waals surface area contributed by atoms with E-state index in [1.165, 1.54) is 16.7 Å². The Morgan fingerprint density at radius 2 is 2.00 bits per heavy atom. The summed E-state index contributed by atoms with van der Waals surface area (Å²) in [4.78, 5) is 0. The lowest BCUT2D eigenvalue weighted by Gasteiger charge is -2.22. The first-order valence-electron chi connectivity index (χ1n) is 7.25. The number of hydrogen-bond acceptors (Lipinski definition) is 1. The molecule has 0 spiro atoms. The van der Waals surface area contributed by atoms with Crippen LogP contribution in [0.3, 0.4) is 0 Å². The van der Waals surface area contributed by atoms with Crippen LogP contribution in [0.5, 0.6) is 0 Å². The molecule has 0 aliphatic heterocycles. The van der Waals surface area contributed by atoms with Gasteiger partial charge in [0, 0.05) is 12.1 Å². The van der Waals surface area contributed by atoms with Crippen LogP contribution in [-0.2, 0) is 6.42 Å². The van der Waals surface area contributed by atoms with Gasteiger partial charge in [-0.05, 0) is 61.1 Å². The number of nitrogens with one attached hydrogen (secondary N) is 1. The van der Waals surface area contributed by atoms with Crippen LogP contribution in [0.1, 0.15) is 47.7 Å². The van der Waals surface area contributed by atoms with Crippen molar-refractivity contribution < 1.29 is 4.39 Å². The standard InChI is InChI=1S/C18H20FN/c1-12-5-3-4-6-16(12)13(2)20-18-10-7-14-11-15(19)8-9-17(14)18/h3-6,8-9,11,13,18,20H,7,10H2,1-2H3/t13-,18?/m0/s1. The van der Waals surface area contributed by atoms with E-state index in [0.29, 0.717) is 12.1 Å². The Labute approximate surface area is 119 Å². The van der Waals surface area contributed by atoms with Crippen LogP contribution in [0.4, 0.5) is 4.39 Å². The van der Waals surface area contributed by atoms with Crippen molar-refractivity contribution in [3.8, 4) is 0 Å². The van der Waals surface area contributed by atoms with Crippen molar-refractivity contribution in [3.63, 3.8) is 0 Å². The Morgan fingerprint density at radius 1 is 1.20 bits per heavy atom. The smallest absolute Gasteiger partial charge is 0.123 e. The topological polar surface area (TPSA) is 12.0 Å². The van der Waals surface area contributed by atoms with Crippen LogP contribution in [0.15, 0.2) is 42.5 Å². The molecule has 2 atom stereocenters. The number of aryl methyl sites for hydroxylation is 2. The molecule has 2 aromatic rings. The Hall–Kier alpha value is -1.67. The Kier molecular flexibility index (Phi) is 3.58. The van der Waals surface area contributed by atoms with Gasteiger partial charge < -0.3 is 5.32 Å². The summed E-state index contributed by atoms with van der Waals surface area (Å²) in [6, 6.07) is 14.3. The van der Waals surface area contributed by atoms with Gasteiger partial charge in [0.15, 0.2) is 0 Å². The molecule has 0 fully saturated rings. The van der Waals surface area contributed by atoms with Crippen LogP contribution < -0.4 is 5.32 Å². The van der Waals surface area contributed by atoms with Gasteiger partial charge in [-0.3, -0.25) is 0 Å². The van der Waals surface area contributed by atoms with Gasteiger partial charge in [-0.25, -0.2) is 4.39 Å². The molecule has 0 bridgehead atoms. The fraction of sp³-hybridized carbons (Fsp3) is 0.333. The van der Waals surface area contributed by atoms with E-state index in [9.17, 15) is 4.39 Å². The first-order valence-corrected chi connectivity index (χ1v) is 7.25. The van der Waals surface area contributed by atoms with E-state index in [-0.39, 0.29) is 5.82 Å². The van der Waals surface area contributed by atoms with Crippen LogP contribution in [0.2, 0.25) is 0 Å². The minimum absolute atomic E-state index is 0.128. The minimum atomic E-state index is -0.128. The summed E-state index contributed by atoms with van der Waals surface area (Å²) >= 11 is 0. The molecule has 0 heterocycles. The highest BCUT2D eigenvalue weighted by Crippen LogP contribution is 2.33. The zero-order valence-electron chi connectivity index (χ0n) is 12.0. The monoisotopic (exact) mass is 269 g/mol. The van der Waals surface area contributed by atoms with Gasteiger partial charge in [-0.2, -0.15) is 0 Å². The van der Waals surface area contributed by atoms with Crippen molar-refractivity contribution in [2.75, 3.05) is 0 Å². The molecule has 104 valence electrons. The third-order valence-corrected chi connectivity index (χ3v) is 4.29. The van der Waals surface area contributed by atoms with Crippen molar-refractivity contribution in [1.82, 2.24) is 5.32 Å². The normalized spacial score (nSPS) is 18.9. The number of benzene rings is 2. The number of hydrogen-bond donors (Lipinski definition) is 1. The van der Waals surface area contributed by atoms with E-state index in [4.69, 9.17) is 0 Å². The summed E-state index contributed by atoms with van der Waals surface area (Å²) < 4.78 is 13.2. The lowest BCUT2D eigenvalue weighted by Crippen LogP contribution is -2.23. The molecule has 3 rings (SSSR count). The molecule has 0 saturated carbocycles. The molecule has 0 amide bonds. The molecule has 1 N–H and O–H groups in total. The first-order chi connectivity index (χ1) is 9.65. The molecule has 20 heavy (non-hydrogen) atoms. The fourth-order valence-electron chi connectivity index (χ4n) is 3.22. The van der Waals surface area contributed by atoms with Crippen molar-refractivity contribution >= 4 is 0 Å². The second kappa shape index (κ2) is 5.37. The molecule has 2 aromatic carbocycles. The highest BCUT2D eigenvalue weighted by atomic mass is 19.1. The molecule has 1 unspecified atom stereocenters. The number of rotatable bonds is 3. The summed E-state index contributed by atoms with van der Waals surface area (Å²) in [7, 11) is 0. The summed E-state index contributed by atoms with van der Waals surface area (Å²) in [5, 5.41) is 3.69. The maximum atomic E-state index is 13.2. The average molecular weight is 269 g/mol. The van der Waals surface area contributed by atoms with Crippen LogP contribution in [0, 0.1) is 12.7 Å². The quantitative estimate of drug-likeness (QED) is 0.866. The van der Waals surface area contributed by atoms with Crippen LogP contribution >= 0.6 is 0 Å². The number of fused-ring (bicyclic) bond motifs is 1. The average Bonchev–Trinajstić information content (AvgIpc) is 2.81. The molecular weight excluding hydrogens is 249 g/mol. The molecule has 0 aromatic heterocycles. The highest BCUT2D eigenvalue weighted by Gasteiger charge is 2.24. The van der Waals surface area contributed by atoms with E-state index in [1.54, 1.807) is 12.1 Å². The molecule has 1 aliphatic carbocycles. The van der Waals surface area contributed by atoms with E-state index in [1.807, 2.05) is 6.07 Å². The first kappa shape index (κ1) is 13.3. The SMILES string of the molecule is Cc1ccccc1[C@H](C)NC1CCc2cc(F)ccc21. The maximum Gasteiger partial charge on any atom is 0.123 e. The van der Waals surface area contributed by atoms with Gasteiger partial charge in [0.2, 0.25) is 0 Å². The summed E-state index contributed by atoms with van der Waals surface area (Å²) in [6.45, 7) is 4.34. The van der Waals surface area contributed by atoms with Gasteiger partial charge >= 0.3 is 0 Å². The largest absolute Gasteiger partial charge is 0.303 e. The lowest BCUT2D eigenvalue weighted by atomic mass is 10.0. The van der Waals surface area contributed by atoms with E-state index in [0.717, 1.165) is 18.4 Å². The fourth-order valence-corrected chi connectivity index (χ4v) is 3.22. The predicted octanol–water partition coefficient (Wildman–Crippen LogP) is 4.47. The second-order valence-corrected chi connectivity index (χ2v) is 5.68. The molecular formula is C18H20FN. The second-order valence-electron chi connectivity index (χ2n) is 5.68. The number of halogens is 1. The Morgan fingerprint density at radius 3 is 2.80 bits per heavy atom. The summed E-state index contributed by atoms with van der Waals surface area (Å²) in [5.41, 5.74) is 5.05. The van der Waals surface area contributed by atoms with Crippen molar-refractivity contribution in [2.45, 2.75) is 38.8 Å². The minimum Gasteiger partial charge on any atom is -0.303 e. The van der Waals surface area contributed by atoms with Crippen molar-refractivity contribution in [2.24, 2.45) is 0 Å². The zero-order valence-corrected chi connectivity index (χ0v) is 12.0. The lowest BCUT2D eigenvalue weighted by molar-refractivity contribution is 0.463. The third-order valence-electron chi connectivity index (χ3n) is 4.29. The third kappa shape index (κ3) is 2.48. The van der Waals surface area contributed by atoms with Crippen molar-refractivity contribution in [3.05, 3.63) is 70.5 Å². The molecule has 2 heteroatoms. The van der Waals surface area contributed by atoms with E-state index < -0.39 is 0 Å². The van der Waals surface area contributed by atoms with Gasteiger partial charge in [-0.15, -0.1) is 0 Å². The summed E-state index contributed by atoms with van der Waals surface area (Å²) in [6.07, 6.45) is 2.01. The molecule has 1 aliphatic rings. The molecule has 1 nitrogen and oxygen atoms in total. The van der Waals surface area contributed by atoms with Gasteiger partial charge in [0.1, 0.15) is 5.82 Å². The van der Waals surface area contributed by atoms with Gasteiger partial charge in [0.05, 0.1) is 0 Å². The van der Waals surface area contributed by atoms with Gasteiger partial charge in [-0.1, -0.05) is 30.3 Å². The highest BCUT2D eigenvalue weighted by molar-refractivity contribution is 5.36.